The number of amides is 2. The van der Waals surface area contributed by atoms with Crippen molar-refractivity contribution in [3.8, 4) is 17.2 Å². The molecule has 29 heavy (non-hydrogen) atoms. The second kappa shape index (κ2) is 10.7. The monoisotopic (exact) mass is 399 g/mol. The van der Waals surface area contributed by atoms with E-state index in [0.29, 0.717) is 22.8 Å². The lowest BCUT2D eigenvalue weighted by Crippen LogP contribution is -2.34. The Labute approximate surface area is 169 Å². The van der Waals surface area contributed by atoms with Crippen molar-refractivity contribution in [2.45, 2.75) is 19.9 Å². The van der Waals surface area contributed by atoms with Crippen molar-refractivity contribution >= 4 is 18.0 Å². The van der Waals surface area contributed by atoms with Crippen molar-refractivity contribution in [2.24, 2.45) is 5.10 Å². The van der Waals surface area contributed by atoms with Gasteiger partial charge in [0.1, 0.15) is 5.75 Å². The van der Waals surface area contributed by atoms with E-state index in [-0.39, 0.29) is 24.5 Å². The minimum Gasteiger partial charge on any atom is -0.493 e. The molecule has 0 atom stereocenters. The van der Waals surface area contributed by atoms with Crippen LogP contribution in [0.1, 0.15) is 29.8 Å². The van der Waals surface area contributed by atoms with Crippen LogP contribution in [-0.4, -0.2) is 44.9 Å². The lowest BCUT2D eigenvalue weighted by molar-refractivity contribution is -0.123. The standard InChI is InChI=1S/C21H25N3O5/c1-14(2)23-20(25)13-29-17-8-5-15(6-9-17)12-22-24-21(26)16-7-10-18(27-3)19(11-16)28-4/h5-12,14H,13H2,1-4H3,(H,23,25)(H,24,26)/b22-12+. The van der Waals surface area contributed by atoms with Crippen LogP contribution in [0.5, 0.6) is 17.2 Å². The van der Waals surface area contributed by atoms with Gasteiger partial charge in [-0.2, -0.15) is 5.10 Å². The summed E-state index contributed by atoms with van der Waals surface area (Å²) in [7, 11) is 3.03. The first-order valence-electron chi connectivity index (χ1n) is 9.00. The number of methoxy groups -OCH3 is 2. The van der Waals surface area contributed by atoms with Crippen LogP contribution in [0.3, 0.4) is 0 Å². The molecule has 0 unspecified atom stereocenters. The van der Waals surface area contributed by atoms with Gasteiger partial charge in [-0.25, -0.2) is 5.43 Å². The number of rotatable bonds is 9. The zero-order valence-corrected chi connectivity index (χ0v) is 16.9. The molecule has 2 N–H and O–H groups in total. The molecule has 0 spiro atoms. The number of hydrogen-bond acceptors (Lipinski definition) is 6. The van der Waals surface area contributed by atoms with Gasteiger partial charge >= 0.3 is 0 Å². The Balaban J connectivity index is 1.88. The molecule has 154 valence electrons. The van der Waals surface area contributed by atoms with Crippen molar-refractivity contribution in [1.82, 2.24) is 10.7 Å². The molecule has 0 saturated heterocycles. The van der Waals surface area contributed by atoms with E-state index in [4.69, 9.17) is 14.2 Å². The topological polar surface area (TPSA) is 98.3 Å². The third-order valence-corrected chi connectivity index (χ3v) is 3.73. The summed E-state index contributed by atoms with van der Waals surface area (Å²) in [6, 6.07) is 11.9. The predicted octanol–water partition coefficient (Wildman–Crippen LogP) is 2.37. The third-order valence-electron chi connectivity index (χ3n) is 3.73. The SMILES string of the molecule is COc1ccc(C(=O)N/N=C/c2ccc(OCC(=O)NC(C)C)cc2)cc1OC. The molecule has 0 aromatic heterocycles. The Kier molecular flexibility index (Phi) is 8.02. The zero-order valence-electron chi connectivity index (χ0n) is 16.9. The van der Waals surface area contributed by atoms with E-state index in [9.17, 15) is 9.59 Å². The van der Waals surface area contributed by atoms with E-state index >= 15 is 0 Å². The normalized spacial score (nSPS) is 10.7. The number of benzene rings is 2. The van der Waals surface area contributed by atoms with Crippen LogP contribution in [0.4, 0.5) is 0 Å². The maximum absolute atomic E-state index is 12.2. The number of carbonyl (C=O) groups is 2. The zero-order chi connectivity index (χ0) is 21.2. The van der Waals surface area contributed by atoms with E-state index < -0.39 is 0 Å². The molecule has 2 aromatic rings. The summed E-state index contributed by atoms with van der Waals surface area (Å²) >= 11 is 0. The number of carbonyl (C=O) groups excluding carboxylic acids is 2. The van der Waals surface area contributed by atoms with E-state index in [1.807, 2.05) is 13.8 Å². The van der Waals surface area contributed by atoms with Crippen LogP contribution in [0.25, 0.3) is 0 Å². The summed E-state index contributed by atoms with van der Waals surface area (Å²) in [6.45, 7) is 3.72. The average Bonchev–Trinajstić information content (AvgIpc) is 2.72. The lowest BCUT2D eigenvalue weighted by atomic mass is 10.2. The Hall–Kier alpha value is -3.55. The fourth-order valence-electron chi connectivity index (χ4n) is 2.37. The molecule has 0 bridgehead atoms. The van der Waals surface area contributed by atoms with Crippen molar-refractivity contribution in [3.05, 3.63) is 53.6 Å². The maximum Gasteiger partial charge on any atom is 0.271 e. The van der Waals surface area contributed by atoms with Crippen LogP contribution in [0, 0.1) is 0 Å². The average molecular weight is 399 g/mol. The molecule has 8 heteroatoms. The van der Waals surface area contributed by atoms with E-state index in [1.165, 1.54) is 20.4 Å². The molecule has 2 aromatic carbocycles. The highest BCUT2D eigenvalue weighted by Crippen LogP contribution is 2.27. The van der Waals surface area contributed by atoms with E-state index in [0.717, 1.165) is 5.56 Å². The van der Waals surface area contributed by atoms with Crippen LogP contribution in [-0.2, 0) is 4.79 Å². The summed E-state index contributed by atoms with van der Waals surface area (Å²) in [5.74, 6) is 1.01. The Morgan fingerprint density at radius 1 is 1.03 bits per heavy atom. The van der Waals surface area contributed by atoms with Gasteiger partial charge < -0.3 is 19.5 Å². The van der Waals surface area contributed by atoms with Crippen molar-refractivity contribution in [2.75, 3.05) is 20.8 Å². The van der Waals surface area contributed by atoms with E-state index in [1.54, 1.807) is 42.5 Å². The number of nitrogens with one attached hydrogen (secondary N) is 2. The molecule has 0 fully saturated rings. The Morgan fingerprint density at radius 2 is 1.72 bits per heavy atom. The fourth-order valence-corrected chi connectivity index (χ4v) is 2.37. The first-order valence-corrected chi connectivity index (χ1v) is 9.00. The van der Waals surface area contributed by atoms with Crippen LogP contribution in [0.2, 0.25) is 0 Å². The summed E-state index contributed by atoms with van der Waals surface area (Å²) in [5, 5.41) is 6.70. The smallest absolute Gasteiger partial charge is 0.271 e. The van der Waals surface area contributed by atoms with Gasteiger partial charge in [-0.1, -0.05) is 0 Å². The van der Waals surface area contributed by atoms with Gasteiger partial charge in [0.05, 0.1) is 20.4 Å². The Bertz CT molecular complexity index is 863. The molecule has 2 amide bonds. The highest BCUT2D eigenvalue weighted by atomic mass is 16.5. The molecule has 0 aliphatic heterocycles. The molecule has 0 aliphatic carbocycles. The van der Waals surface area contributed by atoms with Gasteiger partial charge in [-0.05, 0) is 61.9 Å². The first-order chi connectivity index (χ1) is 13.9. The third kappa shape index (κ3) is 6.84. The molecule has 0 radical (unpaired) electrons. The minimum atomic E-state index is -0.377. The number of hydrogen-bond donors (Lipinski definition) is 2. The highest BCUT2D eigenvalue weighted by Gasteiger charge is 2.10. The summed E-state index contributed by atoms with van der Waals surface area (Å²) in [5.41, 5.74) is 3.61. The van der Waals surface area contributed by atoms with Gasteiger partial charge in [0.2, 0.25) is 0 Å². The van der Waals surface area contributed by atoms with Crippen molar-refractivity contribution in [3.63, 3.8) is 0 Å². The molecular weight excluding hydrogens is 374 g/mol. The molecule has 0 heterocycles. The van der Waals surface area contributed by atoms with Gasteiger partial charge in [-0.15, -0.1) is 0 Å². The maximum atomic E-state index is 12.2. The van der Waals surface area contributed by atoms with Gasteiger partial charge in [0, 0.05) is 11.6 Å². The molecule has 0 saturated carbocycles. The van der Waals surface area contributed by atoms with Crippen LogP contribution >= 0.6 is 0 Å². The predicted molar refractivity (Wildman–Crippen MR) is 110 cm³/mol. The second-order valence-electron chi connectivity index (χ2n) is 6.35. The molecule has 0 aliphatic rings. The van der Waals surface area contributed by atoms with Crippen LogP contribution < -0.4 is 25.0 Å². The van der Waals surface area contributed by atoms with Crippen LogP contribution in [0.15, 0.2) is 47.6 Å². The summed E-state index contributed by atoms with van der Waals surface area (Å²) < 4.78 is 15.7. The molecule has 8 nitrogen and oxygen atoms in total. The number of ether oxygens (including phenoxy) is 3. The highest BCUT2D eigenvalue weighted by molar-refractivity contribution is 5.95. The van der Waals surface area contributed by atoms with E-state index in [2.05, 4.69) is 15.8 Å². The molecule has 2 rings (SSSR count). The minimum absolute atomic E-state index is 0.0486. The first kappa shape index (κ1) is 21.7. The van der Waals surface area contributed by atoms with Gasteiger partial charge in [-0.3, -0.25) is 9.59 Å². The summed E-state index contributed by atoms with van der Waals surface area (Å²) in [6.07, 6.45) is 1.51. The second-order valence-corrected chi connectivity index (χ2v) is 6.35. The van der Waals surface area contributed by atoms with Gasteiger partial charge in [0.25, 0.3) is 11.8 Å². The lowest BCUT2D eigenvalue weighted by Gasteiger charge is -2.09. The number of nitrogens with zero attached hydrogens (tertiary/aromatic N) is 1. The molecular formula is C21H25N3O5. The van der Waals surface area contributed by atoms with Crippen molar-refractivity contribution < 1.29 is 23.8 Å². The summed E-state index contributed by atoms with van der Waals surface area (Å²) in [4.78, 5) is 23.8. The Morgan fingerprint density at radius 3 is 2.34 bits per heavy atom. The number of hydrazone groups is 1. The quantitative estimate of drug-likeness (QED) is 0.498. The van der Waals surface area contributed by atoms with Gasteiger partial charge in [0.15, 0.2) is 18.1 Å². The van der Waals surface area contributed by atoms with Crippen molar-refractivity contribution in [1.29, 1.82) is 0 Å². The fraction of sp³-hybridized carbons (Fsp3) is 0.286. The largest absolute Gasteiger partial charge is 0.493 e.